The molecule has 0 aliphatic rings. The first-order valence-electron chi connectivity index (χ1n) is 8.60. The minimum absolute atomic E-state index is 0.238. The van der Waals surface area contributed by atoms with Crippen molar-refractivity contribution in [2.75, 3.05) is 6.61 Å². The number of ether oxygens (including phenoxy) is 2. The summed E-state index contributed by atoms with van der Waals surface area (Å²) in [5.74, 6) is 0.266. The highest BCUT2D eigenvalue weighted by Crippen LogP contribution is 2.21. The normalized spacial score (nSPS) is 11.4. The molecule has 0 aliphatic carbocycles. The molecule has 2 aromatic carbocycles. The zero-order chi connectivity index (χ0) is 19.8. The molecule has 2 aromatic rings. The van der Waals surface area contributed by atoms with Crippen LogP contribution in [0, 0.1) is 13.8 Å². The summed E-state index contributed by atoms with van der Waals surface area (Å²) in [5.41, 5.74) is 6.44. The second-order valence-electron chi connectivity index (χ2n) is 6.02. The fraction of sp³-hybridized carbons (Fsp3) is 0.300. The van der Waals surface area contributed by atoms with Gasteiger partial charge in [0.15, 0.2) is 12.7 Å². The van der Waals surface area contributed by atoms with Crippen molar-refractivity contribution in [3.8, 4) is 11.5 Å². The van der Waals surface area contributed by atoms with Crippen molar-refractivity contribution in [1.29, 1.82) is 0 Å². The Kier molecular flexibility index (Phi) is 7.49. The fourth-order valence-electron chi connectivity index (χ4n) is 2.33. The highest BCUT2D eigenvalue weighted by atomic mass is 35.5. The lowest BCUT2D eigenvalue weighted by Crippen LogP contribution is -2.49. The van der Waals surface area contributed by atoms with Crippen LogP contribution >= 0.6 is 11.6 Å². The van der Waals surface area contributed by atoms with E-state index in [-0.39, 0.29) is 6.61 Å². The molecule has 0 fully saturated rings. The van der Waals surface area contributed by atoms with Crippen molar-refractivity contribution in [1.82, 2.24) is 10.9 Å². The van der Waals surface area contributed by atoms with Crippen molar-refractivity contribution in [3.63, 3.8) is 0 Å². The number of carbonyl (C=O) groups excluding carboxylic acids is 2. The number of halogens is 1. The molecule has 0 spiro atoms. The zero-order valence-corrected chi connectivity index (χ0v) is 16.3. The molecule has 2 amide bonds. The lowest BCUT2D eigenvalue weighted by atomic mass is 10.2. The van der Waals surface area contributed by atoms with Crippen LogP contribution < -0.4 is 20.3 Å². The quantitative estimate of drug-likeness (QED) is 0.711. The molecule has 7 heteroatoms. The maximum Gasteiger partial charge on any atom is 0.279 e. The minimum atomic E-state index is -0.717. The van der Waals surface area contributed by atoms with E-state index < -0.39 is 17.9 Å². The van der Waals surface area contributed by atoms with E-state index in [0.29, 0.717) is 22.9 Å². The minimum Gasteiger partial charge on any atom is -0.483 e. The summed E-state index contributed by atoms with van der Waals surface area (Å²) in [4.78, 5) is 24.2. The van der Waals surface area contributed by atoms with E-state index in [0.717, 1.165) is 11.1 Å². The predicted molar refractivity (Wildman–Crippen MR) is 104 cm³/mol. The summed E-state index contributed by atoms with van der Waals surface area (Å²) >= 11 is 5.88. The first kappa shape index (κ1) is 20.6. The van der Waals surface area contributed by atoms with E-state index in [2.05, 4.69) is 10.9 Å². The molecule has 2 rings (SSSR count). The molecule has 0 heterocycles. The van der Waals surface area contributed by atoms with Gasteiger partial charge in [0.2, 0.25) is 0 Å². The molecule has 0 bridgehead atoms. The molecule has 0 saturated carbocycles. The number of hydrazine groups is 1. The maximum absolute atomic E-state index is 12.3. The Morgan fingerprint density at radius 2 is 1.78 bits per heavy atom. The van der Waals surface area contributed by atoms with Gasteiger partial charge in [0.05, 0.1) is 0 Å². The number of carbonyl (C=O) groups is 2. The summed E-state index contributed by atoms with van der Waals surface area (Å²) in [6, 6.07) is 12.5. The number of rotatable bonds is 7. The summed E-state index contributed by atoms with van der Waals surface area (Å²) in [6.45, 7) is 5.32. The van der Waals surface area contributed by atoms with E-state index in [1.165, 1.54) is 0 Å². The van der Waals surface area contributed by atoms with Gasteiger partial charge in [-0.3, -0.25) is 20.4 Å². The maximum atomic E-state index is 12.3. The highest BCUT2D eigenvalue weighted by molar-refractivity contribution is 6.30. The van der Waals surface area contributed by atoms with Gasteiger partial charge >= 0.3 is 0 Å². The third-order valence-corrected chi connectivity index (χ3v) is 4.08. The topological polar surface area (TPSA) is 76.7 Å². The van der Waals surface area contributed by atoms with E-state index in [1.54, 1.807) is 24.3 Å². The Labute approximate surface area is 163 Å². The highest BCUT2D eigenvalue weighted by Gasteiger charge is 2.19. The number of nitrogens with one attached hydrogen (secondary N) is 2. The van der Waals surface area contributed by atoms with E-state index >= 15 is 0 Å². The van der Waals surface area contributed by atoms with Crippen LogP contribution in [0.15, 0.2) is 42.5 Å². The molecule has 0 saturated heterocycles. The van der Waals surface area contributed by atoms with Gasteiger partial charge in [-0.1, -0.05) is 36.7 Å². The van der Waals surface area contributed by atoms with Gasteiger partial charge in [-0.25, -0.2) is 0 Å². The number of hydrogen-bond acceptors (Lipinski definition) is 4. The van der Waals surface area contributed by atoms with Crippen LogP contribution in [0.25, 0.3) is 0 Å². The summed E-state index contributed by atoms with van der Waals surface area (Å²) < 4.78 is 11.2. The number of aryl methyl sites for hydroxylation is 2. The summed E-state index contributed by atoms with van der Waals surface area (Å²) in [5, 5.41) is 0.593. The molecule has 1 atom stereocenters. The van der Waals surface area contributed by atoms with Crippen LogP contribution in [-0.4, -0.2) is 24.5 Å². The van der Waals surface area contributed by atoms with E-state index in [1.807, 2.05) is 39.0 Å². The monoisotopic (exact) mass is 390 g/mol. The van der Waals surface area contributed by atoms with Gasteiger partial charge in [0.25, 0.3) is 11.8 Å². The molecule has 0 aromatic heterocycles. The third kappa shape index (κ3) is 6.18. The van der Waals surface area contributed by atoms with Gasteiger partial charge in [-0.15, -0.1) is 0 Å². The van der Waals surface area contributed by atoms with Crippen molar-refractivity contribution in [2.45, 2.75) is 33.3 Å². The number of para-hydroxylation sites is 1. The smallest absolute Gasteiger partial charge is 0.279 e. The van der Waals surface area contributed by atoms with Crippen molar-refractivity contribution in [3.05, 3.63) is 58.6 Å². The molecule has 27 heavy (non-hydrogen) atoms. The van der Waals surface area contributed by atoms with Gasteiger partial charge in [-0.2, -0.15) is 0 Å². The van der Waals surface area contributed by atoms with Crippen LogP contribution in [0.3, 0.4) is 0 Å². The lowest BCUT2D eigenvalue weighted by molar-refractivity contribution is -0.134. The molecular weight excluding hydrogens is 368 g/mol. The average Bonchev–Trinajstić information content (AvgIpc) is 2.64. The third-order valence-electron chi connectivity index (χ3n) is 3.85. The summed E-state index contributed by atoms with van der Waals surface area (Å²) in [7, 11) is 0. The standard InChI is InChI=1S/C20H23ClN2O4/c1-4-16(27-18-8-6-5-7-13(18)2)20(25)23-22-19(24)12-26-17-10-9-15(21)11-14(17)3/h5-11,16H,4,12H2,1-3H3,(H,22,24)(H,23,25). The second kappa shape index (κ2) is 9.83. The van der Waals surface area contributed by atoms with Crippen LogP contribution in [0.1, 0.15) is 24.5 Å². The largest absolute Gasteiger partial charge is 0.483 e. The Morgan fingerprint density at radius 1 is 1.04 bits per heavy atom. The number of amides is 2. The first-order valence-corrected chi connectivity index (χ1v) is 8.98. The number of hydrogen-bond donors (Lipinski definition) is 2. The van der Waals surface area contributed by atoms with Gasteiger partial charge in [0.1, 0.15) is 11.5 Å². The molecule has 1 unspecified atom stereocenters. The van der Waals surface area contributed by atoms with E-state index in [9.17, 15) is 9.59 Å². The Morgan fingerprint density at radius 3 is 2.44 bits per heavy atom. The predicted octanol–water partition coefficient (Wildman–Crippen LogP) is 3.34. The SMILES string of the molecule is CCC(Oc1ccccc1C)C(=O)NNC(=O)COc1ccc(Cl)cc1C. The molecule has 6 nitrogen and oxygen atoms in total. The first-order chi connectivity index (χ1) is 12.9. The Balaban J connectivity index is 1.82. The van der Waals surface area contributed by atoms with Crippen molar-refractivity contribution >= 4 is 23.4 Å². The molecule has 0 aliphatic heterocycles. The fourth-order valence-corrected chi connectivity index (χ4v) is 2.56. The Bertz CT molecular complexity index is 810. The van der Waals surface area contributed by atoms with Crippen LogP contribution in [-0.2, 0) is 9.59 Å². The van der Waals surface area contributed by atoms with Crippen LogP contribution in [0.2, 0.25) is 5.02 Å². The van der Waals surface area contributed by atoms with Crippen LogP contribution in [0.4, 0.5) is 0 Å². The van der Waals surface area contributed by atoms with Crippen molar-refractivity contribution < 1.29 is 19.1 Å². The van der Waals surface area contributed by atoms with Gasteiger partial charge in [-0.05, 0) is 55.7 Å². The summed E-state index contributed by atoms with van der Waals surface area (Å²) in [6.07, 6.45) is -0.262. The van der Waals surface area contributed by atoms with E-state index in [4.69, 9.17) is 21.1 Å². The zero-order valence-electron chi connectivity index (χ0n) is 15.5. The second-order valence-corrected chi connectivity index (χ2v) is 6.45. The molecule has 0 radical (unpaired) electrons. The van der Waals surface area contributed by atoms with Crippen LogP contribution in [0.5, 0.6) is 11.5 Å². The lowest BCUT2D eigenvalue weighted by Gasteiger charge is -2.18. The molecule has 144 valence electrons. The Hall–Kier alpha value is -2.73. The van der Waals surface area contributed by atoms with Crippen molar-refractivity contribution in [2.24, 2.45) is 0 Å². The molecule has 2 N–H and O–H groups in total. The number of benzene rings is 2. The van der Waals surface area contributed by atoms with Gasteiger partial charge < -0.3 is 9.47 Å². The van der Waals surface area contributed by atoms with Gasteiger partial charge in [0, 0.05) is 5.02 Å². The molecular formula is C20H23ClN2O4. The average molecular weight is 391 g/mol.